The second-order valence-corrected chi connectivity index (χ2v) is 13.0. The van der Waals surface area contributed by atoms with Gasteiger partial charge in [-0.3, -0.25) is 4.90 Å². The number of nitrogens with two attached hydrogens (primary N) is 1. The van der Waals surface area contributed by atoms with Crippen molar-refractivity contribution in [3.63, 3.8) is 0 Å². The van der Waals surface area contributed by atoms with Crippen LogP contribution >= 0.6 is 11.3 Å². The maximum atomic E-state index is 10.0. The number of likely N-dealkylation sites (tertiary alicyclic amines) is 1. The van der Waals surface area contributed by atoms with Gasteiger partial charge in [-0.25, -0.2) is 4.98 Å². The molecule has 4 aliphatic rings. The molecule has 2 N–H and O–H groups in total. The molecule has 2 aliphatic carbocycles. The standard InChI is InChI=1S/C30H36N6O3S/c1-17(22-7-5-12-36(22)2)38-24-14-21(18-9-13-37-16-18)33-29(34-24)26-19-6-3-10-30(27(19)35-39-26)11-4-8-23-25(30)20(15-31)28(32)40-23/h14,17-18,22H,3-13,16,32H2,1-2H3/t17-,18+,22-,30-/m0/s1. The molecule has 2 fully saturated rings. The van der Waals surface area contributed by atoms with Gasteiger partial charge < -0.3 is 19.7 Å². The molecule has 9 nitrogen and oxygen atoms in total. The first-order chi connectivity index (χ1) is 19.5. The molecule has 0 radical (unpaired) electrons. The molecule has 0 aromatic carbocycles. The van der Waals surface area contributed by atoms with Crippen LogP contribution in [0.1, 0.15) is 90.7 Å². The number of thiophene rings is 1. The van der Waals surface area contributed by atoms with Crippen molar-refractivity contribution in [2.75, 3.05) is 32.5 Å². The van der Waals surface area contributed by atoms with E-state index in [1.807, 2.05) is 6.07 Å². The fourth-order valence-corrected chi connectivity index (χ4v) is 8.77. The number of fused-ring (bicyclic) bond motifs is 4. The SMILES string of the molecule is C[C@H](Oc1cc([C@@H]2CCOC2)nc(-c2onc3c2CCC[C@@]32CCCc3sc(N)c(C#N)c32)n1)[C@@H]1CCCN1C. The lowest BCUT2D eigenvalue weighted by atomic mass is 9.62. The van der Waals surface area contributed by atoms with Gasteiger partial charge in [0.2, 0.25) is 17.5 Å². The molecule has 0 amide bonds. The number of hydrogen-bond donors (Lipinski definition) is 1. The van der Waals surface area contributed by atoms with E-state index < -0.39 is 0 Å². The van der Waals surface area contributed by atoms with E-state index in [2.05, 4.69) is 24.9 Å². The predicted molar refractivity (Wildman–Crippen MR) is 152 cm³/mol. The largest absolute Gasteiger partial charge is 0.473 e. The van der Waals surface area contributed by atoms with Crippen LogP contribution in [-0.4, -0.2) is 59.0 Å². The second-order valence-electron chi connectivity index (χ2n) is 11.9. The van der Waals surface area contributed by atoms with Crippen LogP contribution in [0, 0.1) is 11.3 Å². The van der Waals surface area contributed by atoms with E-state index in [1.165, 1.54) is 11.3 Å². The summed E-state index contributed by atoms with van der Waals surface area (Å²) >= 11 is 1.56. The molecule has 210 valence electrons. The van der Waals surface area contributed by atoms with Gasteiger partial charge in [-0.2, -0.15) is 10.2 Å². The molecule has 7 rings (SSSR count). The summed E-state index contributed by atoms with van der Waals surface area (Å²) < 4.78 is 18.3. The van der Waals surface area contributed by atoms with Gasteiger partial charge in [0, 0.05) is 40.5 Å². The van der Waals surface area contributed by atoms with Crippen molar-refractivity contribution in [3.05, 3.63) is 39.0 Å². The van der Waals surface area contributed by atoms with Crippen LogP contribution in [0.25, 0.3) is 11.6 Å². The van der Waals surface area contributed by atoms with E-state index in [9.17, 15) is 5.26 Å². The van der Waals surface area contributed by atoms with Crippen LogP contribution in [0.15, 0.2) is 10.6 Å². The third-order valence-electron chi connectivity index (χ3n) is 9.58. The molecule has 10 heteroatoms. The third kappa shape index (κ3) is 4.13. The number of likely N-dealkylation sites (N-methyl/N-ethyl adjacent to an activating group) is 1. The highest BCUT2D eigenvalue weighted by Crippen LogP contribution is 2.54. The minimum Gasteiger partial charge on any atom is -0.473 e. The molecule has 5 heterocycles. The van der Waals surface area contributed by atoms with Gasteiger partial charge in [0.25, 0.3) is 0 Å². The lowest BCUT2D eigenvalue weighted by molar-refractivity contribution is 0.116. The van der Waals surface area contributed by atoms with E-state index >= 15 is 0 Å². The summed E-state index contributed by atoms with van der Waals surface area (Å²) in [6.07, 6.45) is 8.92. The molecule has 0 unspecified atom stereocenters. The van der Waals surface area contributed by atoms with Gasteiger partial charge in [0.05, 0.1) is 23.6 Å². The zero-order chi connectivity index (χ0) is 27.4. The monoisotopic (exact) mass is 560 g/mol. The van der Waals surface area contributed by atoms with Gasteiger partial charge >= 0.3 is 0 Å². The highest BCUT2D eigenvalue weighted by molar-refractivity contribution is 7.16. The molecule has 2 aliphatic heterocycles. The molecule has 3 aromatic heterocycles. The zero-order valence-corrected chi connectivity index (χ0v) is 24.1. The van der Waals surface area contributed by atoms with E-state index in [-0.39, 0.29) is 17.4 Å². The molecule has 2 saturated heterocycles. The van der Waals surface area contributed by atoms with Crippen molar-refractivity contribution in [1.29, 1.82) is 5.26 Å². The summed E-state index contributed by atoms with van der Waals surface area (Å²) in [7, 11) is 2.16. The Labute approximate surface area is 238 Å². The van der Waals surface area contributed by atoms with E-state index in [1.54, 1.807) is 11.3 Å². The van der Waals surface area contributed by atoms with Crippen molar-refractivity contribution in [3.8, 4) is 23.5 Å². The minimum atomic E-state index is -0.347. The van der Waals surface area contributed by atoms with Gasteiger partial charge in [-0.05, 0) is 83.9 Å². The summed E-state index contributed by atoms with van der Waals surface area (Å²) in [5, 5.41) is 15.4. The Morgan fingerprint density at radius 2 is 2.08 bits per heavy atom. The van der Waals surface area contributed by atoms with Crippen LogP contribution in [-0.2, 0) is 23.0 Å². The average molecular weight is 561 g/mol. The first-order valence-corrected chi connectivity index (χ1v) is 15.4. The van der Waals surface area contributed by atoms with Crippen molar-refractivity contribution in [1.82, 2.24) is 20.0 Å². The molecule has 1 spiro atoms. The van der Waals surface area contributed by atoms with Gasteiger partial charge in [0.1, 0.15) is 17.2 Å². The fraction of sp³-hybridized carbons (Fsp3) is 0.600. The molecule has 3 aromatic rings. The van der Waals surface area contributed by atoms with Crippen LogP contribution in [0.2, 0.25) is 0 Å². The number of aromatic nitrogens is 3. The van der Waals surface area contributed by atoms with Crippen LogP contribution in [0.4, 0.5) is 5.00 Å². The number of rotatable bonds is 5. The Balaban J connectivity index is 1.31. The van der Waals surface area contributed by atoms with E-state index in [0.717, 1.165) is 87.0 Å². The number of aryl methyl sites for hydroxylation is 1. The minimum absolute atomic E-state index is 0.00366. The zero-order valence-electron chi connectivity index (χ0n) is 23.2. The second kappa shape index (κ2) is 10.1. The number of ether oxygens (including phenoxy) is 2. The third-order valence-corrected chi connectivity index (χ3v) is 10.7. The Morgan fingerprint density at radius 1 is 1.23 bits per heavy atom. The Kier molecular flexibility index (Phi) is 6.56. The number of hydrogen-bond acceptors (Lipinski definition) is 10. The molecule has 0 saturated carbocycles. The molecular weight excluding hydrogens is 524 g/mol. The summed E-state index contributed by atoms with van der Waals surface area (Å²) in [6.45, 7) is 4.60. The lowest BCUT2D eigenvalue weighted by Gasteiger charge is -2.39. The van der Waals surface area contributed by atoms with Crippen LogP contribution < -0.4 is 10.5 Å². The topological polar surface area (TPSA) is 123 Å². The van der Waals surface area contributed by atoms with Crippen molar-refractivity contribution >= 4 is 16.3 Å². The fourth-order valence-electron chi connectivity index (χ4n) is 7.61. The van der Waals surface area contributed by atoms with Gasteiger partial charge in [-0.1, -0.05) is 5.16 Å². The van der Waals surface area contributed by atoms with E-state index in [4.69, 9.17) is 34.9 Å². The number of nitrogens with zero attached hydrogens (tertiary/aromatic N) is 5. The number of anilines is 1. The summed E-state index contributed by atoms with van der Waals surface area (Å²) in [5.74, 6) is 1.93. The Hall–Kier alpha value is -3.00. The molecule has 4 atom stereocenters. The summed E-state index contributed by atoms with van der Waals surface area (Å²) in [6, 6.07) is 4.75. The van der Waals surface area contributed by atoms with Crippen molar-refractivity contribution in [2.45, 2.75) is 88.2 Å². The number of nitriles is 1. The maximum absolute atomic E-state index is 10.0. The Bertz CT molecular complexity index is 1470. The van der Waals surface area contributed by atoms with Crippen LogP contribution in [0.3, 0.4) is 0 Å². The molecular formula is C30H36N6O3S. The maximum Gasteiger partial charge on any atom is 0.217 e. The molecule has 0 bridgehead atoms. The first-order valence-electron chi connectivity index (χ1n) is 14.6. The quantitative estimate of drug-likeness (QED) is 0.460. The Morgan fingerprint density at radius 3 is 2.83 bits per heavy atom. The number of nitrogen functional groups attached to an aromatic ring is 1. The average Bonchev–Trinajstić information content (AvgIpc) is 3.75. The summed E-state index contributed by atoms with van der Waals surface area (Å²) in [4.78, 5) is 13.5. The first kappa shape index (κ1) is 25.9. The lowest BCUT2D eigenvalue weighted by Crippen LogP contribution is -2.38. The highest BCUT2D eigenvalue weighted by atomic mass is 32.1. The van der Waals surface area contributed by atoms with Crippen molar-refractivity contribution in [2.24, 2.45) is 0 Å². The van der Waals surface area contributed by atoms with Gasteiger partial charge in [-0.15, -0.1) is 11.3 Å². The smallest absolute Gasteiger partial charge is 0.217 e. The van der Waals surface area contributed by atoms with E-state index in [0.29, 0.717) is 40.7 Å². The van der Waals surface area contributed by atoms with Gasteiger partial charge in [0.15, 0.2) is 0 Å². The highest BCUT2D eigenvalue weighted by Gasteiger charge is 2.48. The van der Waals surface area contributed by atoms with Crippen molar-refractivity contribution < 1.29 is 14.0 Å². The predicted octanol–water partition coefficient (Wildman–Crippen LogP) is 4.97. The normalized spacial score (nSPS) is 26.9. The van der Waals surface area contributed by atoms with Crippen LogP contribution in [0.5, 0.6) is 5.88 Å². The summed E-state index contributed by atoms with van der Waals surface area (Å²) in [5.41, 5.74) is 10.6. The molecule has 40 heavy (non-hydrogen) atoms.